The van der Waals surface area contributed by atoms with Crippen molar-refractivity contribution in [2.45, 2.75) is 57.4 Å². The van der Waals surface area contributed by atoms with Gasteiger partial charge < -0.3 is 14.2 Å². The number of rotatable bonds is 5. The number of amides is 1. The van der Waals surface area contributed by atoms with Crippen LogP contribution in [0.5, 0.6) is 0 Å². The van der Waals surface area contributed by atoms with Gasteiger partial charge in [-0.2, -0.15) is 14.8 Å². The van der Waals surface area contributed by atoms with Gasteiger partial charge in [-0.1, -0.05) is 23.4 Å². The molecule has 3 aromatic rings. The molecule has 0 radical (unpaired) electrons. The molecule has 2 aromatic heterocycles. The van der Waals surface area contributed by atoms with Gasteiger partial charge in [-0.15, -0.1) is 0 Å². The van der Waals surface area contributed by atoms with Crippen LogP contribution in [0, 0.1) is 6.92 Å². The van der Waals surface area contributed by atoms with Crippen LogP contribution in [0.3, 0.4) is 0 Å². The monoisotopic (exact) mass is 437 g/mol. The van der Waals surface area contributed by atoms with Crippen molar-refractivity contribution in [3.63, 3.8) is 0 Å². The third kappa shape index (κ3) is 3.92. The Bertz CT molecular complexity index is 1130. The zero-order valence-corrected chi connectivity index (χ0v) is 18.2. The zero-order valence-electron chi connectivity index (χ0n) is 18.2. The van der Waals surface area contributed by atoms with Crippen LogP contribution in [-0.2, 0) is 9.53 Å². The van der Waals surface area contributed by atoms with Gasteiger partial charge in [-0.05, 0) is 38.7 Å². The van der Waals surface area contributed by atoms with Gasteiger partial charge in [0.1, 0.15) is 6.04 Å². The molecule has 4 heterocycles. The van der Waals surface area contributed by atoms with Crippen molar-refractivity contribution in [3.8, 4) is 0 Å². The molecule has 2 fully saturated rings. The second-order valence-electron chi connectivity index (χ2n) is 8.53. The van der Waals surface area contributed by atoms with Gasteiger partial charge in [-0.25, -0.2) is 0 Å². The summed E-state index contributed by atoms with van der Waals surface area (Å²) in [5.41, 5.74) is 1.57. The highest BCUT2D eigenvalue weighted by atomic mass is 16.5. The molecule has 2 saturated heterocycles. The summed E-state index contributed by atoms with van der Waals surface area (Å²) >= 11 is 0. The van der Waals surface area contributed by atoms with Gasteiger partial charge in [0.15, 0.2) is 5.82 Å². The van der Waals surface area contributed by atoms with Crippen LogP contribution in [0.15, 0.2) is 28.8 Å². The number of aromatic nitrogens is 4. The average Bonchev–Trinajstić information content (AvgIpc) is 3.57. The second-order valence-corrected chi connectivity index (χ2v) is 8.53. The fraction of sp³-hybridized carbons (Fsp3) is 0.522. The first-order valence-corrected chi connectivity index (χ1v) is 11.3. The Hall–Kier alpha value is -3.07. The highest BCUT2D eigenvalue weighted by molar-refractivity contribution is 5.93. The predicted octanol–water partition coefficient (Wildman–Crippen LogP) is 3.41. The summed E-state index contributed by atoms with van der Waals surface area (Å²) < 4.78 is 12.4. The van der Waals surface area contributed by atoms with E-state index in [1.54, 1.807) is 4.90 Å². The van der Waals surface area contributed by atoms with Crippen molar-refractivity contribution >= 4 is 22.7 Å². The van der Waals surface area contributed by atoms with Crippen molar-refractivity contribution in [2.75, 3.05) is 19.8 Å². The zero-order chi connectivity index (χ0) is 22.1. The van der Waals surface area contributed by atoms with Gasteiger partial charge in [0.2, 0.25) is 17.7 Å². The van der Waals surface area contributed by atoms with Crippen LogP contribution in [0.4, 0.5) is 0 Å². The summed E-state index contributed by atoms with van der Waals surface area (Å²) in [7, 11) is 0. The molecule has 0 bridgehead atoms. The van der Waals surface area contributed by atoms with E-state index in [4.69, 9.17) is 9.26 Å². The molecule has 1 atom stereocenters. The molecule has 0 spiro atoms. The van der Waals surface area contributed by atoms with Gasteiger partial charge >= 0.3 is 0 Å². The molecule has 0 N–H and O–H groups in total. The van der Waals surface area contributed by atoms with E-state index in [1.807, 2.05) is 31.2 Å². The van der Waals surface area contributed by atoms with E-state index in [1.165, 1.54) is 4.68 Å². The summed E-state index contributed by atoms with van der Waals surface area (Å²) in [6.07, 6.45) is 3.67. The van der Waals surface area contributed by atoms with Crippen LogP contribution in [0.1, 0.15) is 72.7 Å². The summed E-state index contributed by atoms with van der Waals surface area (Å²) in [5, 5.41) is 9.50. The first kappa shape index (κ1) is 20.8. The topological polar surface area (TPSA) is 103 Å². The molecule has 168 valence electrons. The number of aryl methyl sites for hydroxylation is 1. The first-order valence-electron chi connectivity index (χ1n) is 11.3. The number of nitrogens with zero attached hydrogens (tertiary/aromatic N) is 5. The number of carbonyl (C=O) groups excluding carboxylic acids is 2. The van der Waals surface area contributed by atoms with E-state index in [9.17, 15) is 9.59 Å². The number of hydrogen-bond acceptors (Lipinski definition) is 7. The molecular formula is C23H27N5O4. The van der Waals surface area contributed by atoms with E-state index >= 15 is 0 Å². The molecule has 9 heteroatoms. The van der Waals surface area contributed by atoms with Crippen LogP contribution >= 0.6 is 0 Å². The Morgan fingerprint density at radius 1 is 1.09 bits per heavy atom. The van der Waals surface area contributed by atoms with E-state index in [2.05, 4.69) is 15.2 Å². The molecule has 32 heavy (non-hydrogen) atoms. The van der Waals surface area contributed by atoms with Gasteiger partial charge in [0.25, 0.3) is 0 Å². The minimum atomic E-state index is -0.216. The Balaban J connectivity index is 1.24. The fourth-order valence-corrected chi connectivity index (χ4v) is 4.70. The average molecular weight is 438 g/mol. The lowest BCUT2D eigenvalue weighted by Crippen LogP contribution is -2.31. The Labute approximate surface area is 185 Å². The standard InChI is InChI=1S/C23H27N5O4/c1-15-17-5-2-3-6-18(17)28(25-15)21(30)9-8-20(29)27-12-4-7-19(27)23-24-22(26-32-23)16-10-13-31-14-11-16/h2-3,5-6,16,19H,4,7-14H2,1H3. The second kappa shape index (κ2) is 8.82. The lowest BCUT2D eigenvalue weighted by molar-refractivity contribution is -0.132. The molecule has 9 nitrogen and oxygen atoms in total. The third-order valence-electron chi connectivity index (χ3n) is 6.46. The van der Waals surface area contributed by atoms with Crippen LogP contribution in [0.2, 0.25) is 0 Å². The maximum atomic E-state index is 13.0. The minimum absolute atomic E-state index is 0.0696. The van der Waals surface area contributed by atoms with Gasteiger partial charge in [0.05, 0.1) is 11.2 Å². The van der Waals surface area contributed by atoms with Gasteiger partial charge in [-0.3, -0.25) is 9.59 Å². The molecule has 0 aliphatic carbocycles. The van der Waals surface area contributed by atoms with Crippen LogP contribution in [-0.4, -0.2) is 56.4 Å². The largest absolute Gasteiger partial charge is 0.381 e. The van der Waals surface area contributed by atoms with Crippen molar-refractivity contribution in [1.82, 2.24) is 24.8 Å². The molecule has 1 amide bonds. The molecule has 5 rings (SSSR count). The lowest BCUT2D eigenvalue weighted by Gasteiger charge is -2.22. The Morgan fingerprint density at radius 3 is 2.72 bits per heavy atom. The SMILES string of the molecule is Cc1nn(C(=O)CCC(=O)N2CCCC2c2nc(C3CCOCC3)no2)c2ccccc12. The molecular weight excluding hydrogens is 410 g/mol. The minimum Gasteiger partial charge on any atom is -0.381 e. The van der Waals surface area contributed by atoms with E-state index in [0.29, 0.717) is 31.5 Å². The van der Waals surface area contributed by atoms with E-state index in [-0.39, 0.29) is 36.6 Å². The fourth-order valence-electron chi connectivity index (χ4n) is 4.70. The van der Waals surface area contributed by atoms with Crippen molar-refractivity contribution < 1.29 is 18.8 Å². The number of likely N-dealkylation sites (tertiary alicyclic amines) is 1. The quantitative estimate of drug-likeness (QED) is 0.602. The summed E-state index contributed by atoms with van der Waals surface area (Å²) in [4.78, 5) is 32.2. The van der Waals surface area contributed by atoms with E-state index in [0.717, 1.165) is 42.3 Å². The summed E-state index contributed by atoms with van der Waals surface area (Å²) in [6, 6.07) is 7.41. The summed E-state index contributed by atoms with van der Waals surface area (Å²) in [5.74, 6) is 1.20. The van der Waals surface area contributed by atoms with Gasteiger partial charge in [0, 0.05) is 43.9 Å². The number of fused-ring (bicyclic) bond motifs is 1. The number of hydrogen-bond donors (Lipinski definition) is 0. The van der Waals surface area contributed by atoms with Crippen LogP contribution < -0.4 is 0 Å². The Morgan fingerprint density at radius 2 is 1.88 bits per heavy atom. The smallest absolute Gasteiger partial charge is 0.249 e. The number of ether oxygens (including phenoxy) is 1. The molecule has 0 saturated carbocycles. The maximum absolute atomic E-state index is 13.0. The first-order chi connectivity index (χ1) is 15.6. The van der Waals surface area contributed by atoms with Crippen LogP contribution in [0.25, 0.3) is 10.9 Å². The molecule has 2 aliphatic heterocycles. The Kier molecular flexibility index (Phi) is 5.73. The third-order valence-corrected chi connectivity index (χ3v) is 6.46. The predicted molar refractivity (Wildman–Crippen MR) is 115 cm³/mol. The van der Waals surface area contributed by atoms with E-state index < -0.39 is 0 Å². The van der Waals surface area contributed by atoms with Crippen molar-refractivity contribution in [1.29, 1.82) is 0 Å². The summed E-state index contributed by atoms with van der Waals surface area (Å²) in [6.45, 7) is 3.94. The lowest BCUT2D eigenvalue weighted by atomic mass is 10.00. The number of para-hydroxylation sites is 1. The molecule has 2 aliphatic rings. The molecule has 1 unspecified atom stereocenters. The highest BCUT2D eigenvalue weighted by Gasteiger charge is 2.35. The number of benzene rings is 1. The maximum Gasteiger partial charge on any atom is 0.249 e. The number of carbonyl (C=O) groups is 2. The van der Waals surface area contributed by atoms with Crippen molar-refractivity contribution in [3.05, 3.63) is 41.7 Å². The van der Waals surface area contributed by atoms with Crippen molar-refractivity contribution in [2.24, 2.45) is 0 Å². The molecule has 1 aromatic carbocycles. The normalized spacial score (nSPS) is 19.7. The highest BCUT2D eigenvalue weighted by Crippen LogP contribution is 2.33.